The maximum atomic E-state index is 15.3. The lowest BCUT2D eigenvalue weighted by molar-refractivity contribution is 0.394. The van der Waals surface area contributed by atoms with Crippen molar-refractivity contribution in [3.05, 3.63) is 89.5 Å². The normalized spacial score (nSPS) is 10.5. The van der Waals surface area contributed by atoms with Crippen LogP contribution >= 0.6 is 49.6 Å². The number of aromatic amines is 2. The van der Waals surface area contributed by atoms with Crippen LogP contribution in [0.25, 0.3) is 44.8 Å². The Morgan fingerprint density at radius 2 is 1.18 bits per heavy atom. The number of hydrogen-bond acceptors (Lipinski definition) is 6. The van der Waals surface area contributed by atoms with Crippen LogP contribution in [0, 0.1) is 22.5 Å². The molecule has 0 unspecified atom stereocenters. The zero-order valence-electron chi connectivity index (χ0n) is 28.1. The fraction of sp³-hybridized carbons (Fsp3) is 0.200. The molecule has 0 bridgehead atoms. The molecule has 10 nitrogen and oxygen atoms in total. The van der Waals surface area contributed by atoms with Gasteiger partial charge in [0.25, 0.3) is 0 Å². The summed E-state index contributed by atoms with van der Waals surface area (Å²) >= 11 is 0. The van der Waals surface area contributed by atoms with Gasteiger partial charge in [-0.1, -0.05) is 0 Å². The fourth-order valence-corrected chi connectivity index (χ4v) is 5.18. The summed E-state index contributed by atoms with van der Waals surface area (Å²) in [5.41, 5.74) is 4.89. The largest absolute Gasteiger partial charge is 0.496 e. The van der Waals surface area contributed by atoms with Crippen molar-refractivity contribution in [2.24, 2.45) is 0 Å². The molecule has 0 saturated heterocycles. The van der Waals surface area contributed by atoms with E-state index in [9.17, 15) is 0 Å². The van der Waals surface area contributed by atoms with Crippen molar-refractivity contribution in [1.29, 1.82) is 10.8 Å². The number of amidine groups is 2. The minimum absolute atomic E-state index is 0. The first kappa shape index (κ1) is 42.5. The topological polar surface area (TPSA) is 148 Å². The Morgan fingerprint density at radius 3 is 1.67 bits per heavy atom. The zero-order chi connectivity index (χ0) is 33.4. The Morgan fingerprint density at radius 1 is 0.686 bits per heavy atom. The fourth-order valence-electron chi connectivity index (χ4n) is 5.18. The van der Waals surface area contributed by atoms with Crippen molar-refractivity contribution in [3.63, 3.8) is 0 Å². The SMILES string of the molecule is COc1cc(Oc2c(F)cc(-c3nc4ccc(C(=N)NC(C)C)cc4[nH]3)cc2F)ccc1-c1nc2ccc(C(=N)NC(C)C)cc2[nH]1.Cl.Cl.Cl.Cl. The molecule has 16 heteroatoms. The van der Waals surface area contributed by atoms with Gasteiger partial charge < -0.3 is 30.1 Å². The van der Waals surface area contributed by atoms with Gasteiger partial charge in [0.05, 0.1) is 34.7 Å². The molecule has 6 aromatic rings. The lowest BCUT2D eigenvalue weighted by Crippen LogP contribution is -2.30. The Hall–Kier alpha value is -4.62. The number of methoxy groups -OCH3 is 1. The lowest BCUT2D eigenvalue weighted by Gasteiger charge is -2.12. The maximum Gasteiger partial charge on any atom is 0.198 e. The van der Waals surface area contributed by atoms with E-state index >= 15 is 8.78 Å². The van der Waals surface area contributed by atoms with Crippen LogP contribution in [0.2, 0.25) is 0 Å². The van der Waals surface area contributed by atoms with Crippen molar-refractivity contribution in [1.82, 2.24) is 30.6 Å². The third-order valence-electron chi connectivity index (χ3n) is 7.33. The average molecular weight is 783 g/mol. The second-order valence-electron chi connectivity index (χ2n) is 11.7. The van der Waals surface area contributed by atoms with E-state index in [1.165, 1.54) is 13.2 Å². The van der Waals surface area contributed by atoms with Gasteiger partial charge in [-0.05, 0) is 88.4 Å². The first-order valence-electron chi connectivity index (χ1n) is 15.0. The van der Waals surface area contributed by atoms with Gasteiger partial charge in [-0.25, -0.2) is 18.7 Å². The number of imidazole rings is 2. The number of benzene rings is 4. The van der Waals surface area contributed by atoms with E-state index in [0.717, 1.165) is 23.2 Å². The summed E-state index contributed by atoms with van der Waals surface area (Å²) in [7, 11) is 1.48. The molecular formula is C35H38Cl4F2N8O2. The smallest absolute Gasteiger partial charge is 0.198 e. The van der Waals surface area contributed by atoms with Gasteiger partial charge in [-0.2, -0.15) is 0 Å². The van der Waals surface area contributed by atoms with Gasteiger partial charge in [0.2, 0.25) is 0 Å². The van der Waals surface area contributed by atoms with Crippen LogP contribution in [0.1, 0.15) is 38.8 Å². The number of aromatic nitrogens is 4. The minimum atomic E-state index is -0.905. The third-order valence-corrected chi connectivity index (χ3v) is 7.33. The molecule has 6 N–H and O–H groups in total. The Labute approximate surface area is 318 Å². The molecule has 0 aliphatic carbocycles. The van der Waals surface area contributed by atoms with E-state index in [2.05, 4.69) is 30.6 Å². The van der Waals surface area contributed by atoms with Gasteiger partial charge in [-0.15, -0.1) is 49.6 Å². The highest BCUT2D eigenvalue weighted by molar-refractivity contribution is 6.00. The molecule has 0 atom stereocenters. The van der Waals surface area contributed by atoms with Gasteiger partial charge >= 0.3 is 0 Å². The standard InChI is InChI=1S/C35H34F2N8O2.4ClH/c1-17(2)40-32(38)19-6-10-26-28(14-19)44-34(42-26)21-12-24(36)31(25(37)13-21)47-22-8-9-23(30(16-22)46-5)35-43-27-11-7-20(15-29(27)45-35)33(39)41-18(3)4;;;;/h6-18H,1-5H3,(H2,38,40)(H2,39,41)(H,42,44)(H,43,45);4*1H. The van der Waals surface area contributed by atoms with Crippen molar-refractivity contribution >= 4 is 83.4 Å². The third kappa shape index (κ3) is 9.19. The highest BCUT2D eigenvalue weighted by atomic mass is 35.5. The summed E-state index contributed by atoms with van der Waals surface area (Å²) in [6.07, 6.45) is 0. The molecule has 0 radical (unpaired) electrons. The van der Waals surface area contributed by atoms with Crippen LogP contribution in [0.3, 0.4) is 0 Å². The number of nitrogens with one attached hydrogen (secondary N) is 6. The molecule has 6 rings (SSSR count). The Bertz CT molecular complexity index is 2150. The Kier molecular flexibility index (Phi) is 14.6. The van der Waals surface area contributed by atoms with Gasteiger partial charge in [-0.3, -0.25) is 10.8 Å². The summed E-state index contributed by atoms with van der Waals surface area (Å²) in [6.45, 7) is 7.83. The number of ether oxygens (including phenoxy) is 2. The molecule has 0 saturated carbocycles. The highest BCUT2D eigenvalue weighted by Crippen LogP contribution is 2.37. The molecule has 4 aromatic carbocycles. The predicted octanol–water partition coefficient (Wildman–Crippen LogP) is 9.19. The van der Waals surface area contributed by atoms with Crippen LogP contribution in [-0.4, -0.2) is 50.8 Å². The van der Waals surface area contributed by atoms with Crippen molar-refractivity contribution in [2.75, 3.05) is 7.11 Å². The quantitative estimate of drug-likeness (QED) is 0.0637. The van der Waals surface area contributed by atoms with Crippen molar-refractivity contribution in [3.8, 4) is 40.0 Å². The molecule has 0 fully saturated rings. The minimum Gasteiger partial charge on any atom is -0.496 e. The average Bonchev–Trinajstić information content (AvgIpc) is 3.65. The summed E-state index contributed by atoms with van der Waals surface area (Å²) < 4.78 is 41.9. The first-order chi connectivity index (χ1) is 22.5. The molecule has 272 valence electrons. The van der Waals surface area contributed by atoms with E-state index in [-0.39, 0.29) is 84.7 Å². The number of nitrogens with zero attached hydrogens (tertiary/aromatic N) is 2. The monoisotopic (exact) mass is 780 g/mol. The van der Waals surface area contributed by atoms with E-state index in [4.69, 9.17) is 20.3 Å². The predicted molar refractivity (Wildman–Crippen MR) is 209 cm³/mol. The number of halogens is 6. The van der Waals surface area contributed by atoms with Crippen LogP contribution in [0.4, 0.5) is 8.78 Å². The number of hydrogen-bond donors (Lipinski definition) is 6. The van der Waals surface area contributed by atoms with Crippen molar-refractivity contribution in [2.45, 2.75) is 39.8 Å². The van der Waals surface area contributed by atoms with Crippen molar-refractivity contribution < 1.29 is 18.3 Å². The van der Waals surface area contributed by atoms with Gasteiger partial charge in [0, 0.05) is 34.8 Å². The molecule has 2 aromatic heterocycles. The number of rotatable bonds is 9. The molecule has 0 aliphatic rings. The second kappa shape index (κ2) is 17.5. The van der Waals surface area contributed by atoms with Gasteiger partial charge in [0.1, 0.15) is 34.8 Å². The van der Waals surface area contributed by atoms with Crippen LogP contribution in [0.15, 0.2) is 66.7 Å². The van der Waals surface area contributed by atoms with E-state index in [0.29, 0.717) is 45.1 Å². The second-order valence-corrected chi connectivity index (χ2v) is 11.7. The highest BCUT2D eigenvalue weighted by Gasteiger charge is 2.19. The number of H-pyrrole nitrogens is 2. The van der Waals surface area contributed by atoms with E-state index in [1.807, 2.05) is 45.9 Å². The molecule has 0 aliphatic heterocycles. The summed E-state index contributed by atoms with van der Waals surface area (Å²) in [6, 6.07) is 18.1. The molecule has 0 spiro atoms. The molecule has 0 amide bonds. The lowest BCUT2D eigenvalue weighted by atomic mass is 10.1. The van der Waals surface area contributed by atoms with Crippen LogP contribution in [-0.2, 0) is 0 Å². The first-order valence-corrected chi connectivity index (χ1v) is 15.0. The van der Waals surface area contributed by atoms with Gasteiger partial charge in [0.15, 0.2) is 17.4 Å². The molecule has 2 heterocycles. The summed E-state index contributed by atoms with van der Waals surface area (Å²) in [5, 5.41) is 22.7. The zero-order valence-corrected chi connectivity index (χ0v) is 31.4. The van der Waals surface area contributed by atoms with Crippen LogP contribution in [0.5, 0.6) is 17.2 Å². The number of fused-ring (bicyclic) bond motifs is 2. The van der Waals surface area contributed by atoms with E-state index < -0.39 is 17.4 Å². The molecule has 51 heavy (non-hydrogen) atoms. The molecular weight excluding hydrogens is 744 g/mol. The summed E-state index contributed by atoms with van der Waals surface area (Å²) in [4.78, 5) is 15.5. The Balaban J connectivity index is 0.00000225. The maximum absolute atomic E-state index is 15.3. The van der Waals surface area contributed by atoms with Crippen LogP contribution < -0.4 is 20.1 Å². The summed E-state index contributed by atoms with van der Waals surface area (Å²) in [5.74, 6) is -0.445. The van der Waals surface area contributed by atoms with E-state index in [1.54, 1.807) is 30.3 Å².